The smallest absolute Gasteiger partial charge is 0.241 e. The molecule has 0 saturated carbocycles. The fourth-order valence-electron chi connectivity index (χ4n) is 3.00. The van der Waals surface area contributed by atoms with Crippen molar-refractivity contribution in [2.45, 2.75) is 12.8 Å². The van der Waals surface area contributed by atoms with Gasteiger partial charge in [-0.25, -0.2) is 0 Å². The van der Waals surface area contributed by atoms with Gasteiger partial charge < -0.3 is 16.0 Å². The number of carbonyl (C=O) groups excluding carboxylic acids is 2. The summed E-state index contributed by atoms with van der Waals surface area (Å²) in [6.45, 7) is 1.47. The number of fused-ring (bicyclic) bond motifs is 1. The fraction of sp³-hybridized carbons (Fsp3) is 0.333. The van der Waals surface area contributed by atoms with Gasteiger partial charge in [-0.15, -0.1) is 0 Å². The van der Waals surface area contributed by atoms with E-state index in [1.54, 1.807) is 4.90 Å². The lowest BCUT2D eigenvalue weighted by atomic mass is 9.96. The lowest BCUT2D eigenvalue weighted by Crippen LogP contribution is -2.43. The van der Waals surface area contributed by atoms with Gasteiger partial charge in [0.15, 0.2) is 0 Å². The normalized spacial score (nSPS) is 15.6. The number of anilines is 1. The van der Waals surface area contributed by atoms with Crippen molar-refractivity contribution in [1.82, 2.24) is 4.90 Å². The molecule has 0 radical (unpaired) electrons. The molecule has 120 valence electrons. The molecule has 0 aliphatic carbocycles. The highest BCUT2D eigenvalue weighted by molar-refractivity contribution is 5.87. The van der Waals surface area contributed by atoms with Gasteiger partial charge in [-0.05, 0) is 35.7 Å². The van der Waals surface area contributed by atoms with Crippen molar-refractivity contribution in [2.24, 2.45) is 11.7 Å². The summed E-state index contributed by atoms with van der Waals surface area (Å²) in [4.78, 5) is 25.2. The number of likely N-dealkylation sites (tertiary alicyclic amines) is 1. The number of piperidine rings is 1. The van der Waals surface area contributed by atoms with Crippen LogP contribution in [0.25, 0.3) is 10.8 Å². The molecule has 5 heteroatoms. The second-order valence-electron chi connectivity index (χ2n) is 5.97. The van der Waals surface area contributed by atoms with Gasteiger partial charge in [0, 0.05) is 24.7 Å². The zero-order valence-corrected chi connectivity index (χ0v) is 13.0. The minimum Gasteiger partial charge on any atom is -0.376 e. The quantitative estimate of drug-likeness (QED) is 0.906. The maximum absolute atomic E-state index is 12.3. The van der Waals surface area contributed by atoms with Crippen LogP contribution < -0.4 is 11.1 Å². The van der Waals surface area contributed by atoms with E-state index >= 15 is 0 Å². The third-order valence-corrected chi connectivity index (χ3v) is 4.44. The maximum atomic E-state index is 12.3. The van der Waals surface area contributed by atoms with E-state index in [2.05, 4.69) is 17.4 Å². The largest absolute Gasteiger partial charge is 0.376 e. The van der Waals surface area contributed by atoms with Crippen molar-refractivity contribution in [3.63, 3.8) is 0 Å². The summed E-state index contributed by atoms with van der Waals surface area (Å²) >= 11 is 0. The Morgan fingerprint density at radius 3 is 2.48 bits per heavy atom. The van der Waals surface area contributed by atoms with E-state index in [0.29, 0.717) is 25.9 Å². The van der Waals surface area contributed by atoms with E-state index in [1.807, 2.05) is 30.3 Å². The first-order valence-electron chi connectivity index (χ1n) is 7.93. The van der Waals surface area contributed by atoms with Crippen molar-refractivity contribution in [3.8, 4) is 0 Å². The van der Waals surface area contributed by atoms with Crippen LogP contribution >= 0.6 is 0 Å². The minimum absolute atomic E-state index is 0.0566. The average molecular weight is 311 g/mol. The first kappa shape index (κ1) is 15.3. The van der Waals surface area contributed by atoms with Gasteiger partial charge in [-0.3, -0.25) is 9.59 Å². The van der Waals surface area contributed by atoms with E-state index in [-0.39, 0.29) is 24.3 Å². The molecule has 1 saturated heterocycles. The second-order valence-corrected chi connectivity index (χ2v) is 5.97. The summed E-state index contributed by atoms with van der Waals surface area (Å²) in [6.07, 6.45) is 1.33. The lowest BCUT2D eigenvalue weighted by molar-refractivity contribution is -0.133. The second kappa shape index (κ2) is 6.69. The number of nitrogens with two attached hydrogens (primary N) is 1. The van der Waals surface area contributed by atoms with Crippen LogP contribution in [0.4, 0.5) is 5.69 Å². The third kappa shape index (κ3) is 3.62. The maximum Gasteiger partial charge on any atom is 0.241 e. The van der Waals surface area contributed by atoms with Crippen LogP contribution in [0.15, 0.2) is 42.5 Å². The Bertz CT molecular complexity index is 721. The number of hydrogen-bond donors (Lipinski definition) is 2. The first-order valence-corrected chi connectivity index (χ1v) is 7.93. The molecule has 0 atom stereocenters. The van der Waals surface area contributed by atoms with Crippen molar-refractivity contribution in [1.29, 1.82) is 0 Å². The molecule has 23 heavy (non-hydrogen) atoms. The van der Waals surface area contributed by atoms with Crippen molar-refractivity contribution >= 4 is 28.3 Å². The molecule has 1 aliphatic rings. The molecule has 0 bridgehead atoms. The highest BCUT2D eigenvalue weighted by atomic mass is 16.2. The molecule has 3 rings (SSSR count). The molecule has 2 aromatic rings. The van der Waals surface area contributed by atoms with Crippen LogP contribution in [0, 0.1) is 5.92 Å². The van der Waals surface area contributed by atoms with E-state index < -0.39 is 0 Å². The Hall–Kier alpha value is -2.56. The van der Waals surface area contributed by atoms with Gasteiger partial charge in [0.1, 0.15) is 0 Å². The molecule has 0 unspecified atom stereocenters. The predicted molar refractivity (Wildman–Crippen MR) is 90.9 cm³/mol. The molecule has 5 nitrogen and oxygen atoms in total. The van der Waals surface area contributed by atoms with Crippen LogP contribution in [-0.2, 0) is 9.59 Å². The number of nitrogens with one attached hydrogen (secondary N) is 1. The van der Waals surface area contributed by atoms with Gasteiger partial charge in [-0.1, -0.05) is 30.3 Å². The Labute approximate surface area is 135 Å². The number of benzene rings is 2. The summed E-state index contributed by atoms with van der Waals surface area (Å²) in [6, 6.07) is 14.2. The minimum atomic E-state index is -0.258. The summed E-state index contributed by atoms with van der Waals surface area (Å²) in [7, 11) is 0. The zero-order valence-electron chi connectivity index (χ0n) is 13.0. The third-order valence-electron chi connectivity index (χ3n) is 4.44. The van der Waals surface area contributed by atoms with Crippen molar-refractivity contribution < 1.29 is 9.59 Å². The van der Waals surface area contributed by atoms with E-state index in [9.17, 15) is 9.59 Å². The number of rotatable bonds is 4. The molecular formula is C18H21N3O2. The Morgan fingerprint density at radius 1 is 1.09 bits per heavy atom. The molecule has 0 spiro atoms. The number of amides is 2. The average Bonchev–Trinajstić information content (AvgIpc) is 2.59. The molecule has 3 N–H and O–H groups in total. The fourth-order valence-corrected chi connectivity index (χ4v) is 3.00. The summed E-state index contributed by atoms with van der Waals surface area (Å²) in [5.74, 6) is -0.292. The number of primary amides is 1. The Morgan fingerprint density at radius 2 is 1.78 bits per heavy atom. The molecule has 2 aromatic carbocycles. The Balaban J connectivity index is 1.55. The summed E-state index contributed by atoms with van der Waals surface area (Å²) < 4.78 is 0. The van der Waals surface area contributed by atoms with Crippen LogP contribution in [0.3, 0.4) is 0 Å². The molecular weight excluding hydrogens is 290 g/mol. The molecule has 0 aromatic heterocycles. The summed E-state index contributed by atoms with van der Waals surface area (Å²) in [5, 5.41) is 5.51. The van der Waals surface area contributed by atoms with Crippen LogP contribution in [-0.4, -0.2) is 36.3 Å². The van der Waals surface area contributed by atoms with E-state index in [0.717, 1.165) is 11.1 Å². The van der Waals surface area contributed by atoms with Gasteiger partial charge in [0.25, 0.3) is 0 Å². The standard InChI is InChI=1S/C18H21N3O2/c19-18(23)14-7-9-21(10-8-14)17(22)12-20-16-6-5-13-3-1-2-4-15(13)11-16/h1-6,11,14,20H,7-10,12H2,(H2,19,23). The van der Waals surface area contributed by atoms with Crippen molar-refractivity contribution in [3.05, 3.63) is 42.5 Å². The summed E-state index contributed by atoms with van der Waals surface area (Å²) in [5.41, 5.74) is 6.25. The SMILES string of the molecule is NC(=O)C1CCN(C(=O)CNc2ccc3ccccc3c2)CC1. The van der Waals surface area contributed by atoms with Gasteiger partial charge in [-0.2, -0.15) is 0 Å². The zero-order chi connectivity index (χ0) is 16.2. The molecule has 1 heterocycles. The molecule has 1 aliphatic heterocycles. The van der Waals surface area contributed by atoms with Gasteiger partial charge >= 0.3 is 0 Å². The highest BCUT2D eigenvalue weighted by Crippen LogP contribution is 2.19. The van der Waals surface area contributed by atoms with E-state index in [1.165, 1.54) is 5.39 Å². The van der Waals surface area contributed by atoms with Crippen LogP contribution in [0.5, 0.6) is 0 Å². The monoisotopic (exact) mass is 311 g/mol. The van der Waals surface area contributed by atoms with Gasteiger partial charge in [0.2, 0.25) is 11.8 Å². The lowest BCUT2D eigenvalue weighted by Gasteiger charge is -2.30. The molecule has 1 fully saturated rings. The van der Waals surface area contributed by atoms with Crippen LogP contribution in [0.1, 0.15) is 12.8 Å². The Kier molecular flexibility index (Phi) is 4.46. The van der Waals surface area contributed by atoms with Crippen LogP contribution in [0.2, 0.25) is 0 Å². The number of carbonyl (C=O) groups is 2. The van der Waals surface area contributed by atoms with Gasteiger partial charge in [0.05, 0.1) is 6.54 Å². The first-order chi connectivity index (χ1) is 11.1. The van der Waals surface area contributed by atoms with E-state index in [4.69, 9.17) is 5.73 Å². The molecule has 2 amide bonds. The van der Waals surface area contributed by atoms with Crippen molar-refractivity contribution in [2.75, 3.05) is 25.0 Å². The predicted octanol–water partition coefficient (Wildman–Crippen LogP) is 1.98. The topological polar surface area (TPSA) is 75.4 Å². The number of nitrogens with zero attached hydrogens (tertiary/aromatic N) is 1. The highest BCUT2D eigenvalue weighted by Gasteiger charge is 2.25. The number of hydrogen-bond acceptors (Lipinski definition) is 3.